The monoisotopic (exact) mass is 381 g/mol. The highest BCUT2D eigenvalue weighted by atomic mass is 79.9. The van der Waals surface area contributed by atoms with Gasteiger partial charge in [0.1, 0.15) is 0 Å². The highest BCUT2D eigenvalue weighted by molar-refractivity contribution is 9.10. The SMILES string of the molecule is CC(=O)SC1CC(=O)N(c2cc(Cl)c(Br)cc2Cl)C1. The van der Waals surface area contributed by atoms with Crippen molar-refractivity contribution in [1.82, 2.24) is 0 Å². The summed E-state index contributed by atoms with van der Waals surface area (Å²) in [6.07, 6.45) is 0.342. The third-order valence-corrected chi connectivity index (χ3v) is 5.18. The maximum absolute atomic E-state index is 12.0. The average molecular weight is 383 g/mol. The van der Waals surface area contributed by atoms with Gasteiger partial charge in [-0.25, -0.2) is 0 Å². The van der Waals surface area contributed by atoms with Crippen LogP contribution in [0.5, 0.6) is 0 Å². The fraction of sp³-hybridized carbons (Fsp3) is 0.333. The quantitative estimate of drug-likeness (QED) is 0.721. The van der Waals surface area contributed by atoms with Gasteiger partial charge in [-0.05, 0) is 28.1 Å². The van der Waals surface area contributed by atoms with E-state index in [1.807, 2.05) is 0 Å². The van der Waals surface area contributed by atoms with Crippen molar-refractivity contribution in [2.45, 2.75) is 18.6 Å². The van der Waals surface area contributed by atoms with Gasteiger partial charge in [0.25, 0.3) is 0 Å². The Bertz CT molecular complexity index is 553. The van der Waals surface area contributed by atoms with E-state index < -0.39 is 0 Å². The number of nitrogens with zero attached hydrogens (tertiary/aromatic N) is 1. The Morgan fingerprint density at radius 3 is 2.74 bits per heavy atom. The summed E-state index contributed by atoms with van der Waals surface area (Å²) >= 11 is 16.6. The molecule has 1 fully saturated rings. The number of amides is 1. The van der Waals surface area contributed by atoms with Crippen LogP contribution in [0, 0.1) is 0 Å². The Balaban J connectivity index is 2.25. The van der Waals surface area contributed by atoms with Crippen LogP contribution in [-0.2, 0) is 9.59 Å². The highest BCUT2D eigenvalue weighted by Crippen LogP contribution is 2.37. The Labute approximate surface area is 133 Å². The van der Waals surface area contributed by atoms with Crippen LogP contribution in [0.15, 0.2) is 16.6 Å². The molecule has 1 atom stereocenters. The lowest BCUT2D eigenvalue weighted by Crippen LogP contribution is -2.25. The van der Waals surface area contributed by atoms with Gasteiger partial charge in [0.15, 0.2) is 5.12 Å². The number of rotatable bonds is 2. The van der Waals surface area contributed by atoms with Gasteiger partial charge >= 0.3 is 0 Å². The molecule has 1 aromatic rings. The molecule has 0 N–H and O–H groups in total. The first-order valence-corrected chi connectivity index (χ1v) is 7.93. The second-order valence-electron chi connectivity index (χ2n) is 4.16. The molecule has 0 radical (unpaired) electrons. The van der Waals surface area contributed by atoms with Crippen molar-refractivity contribution in [3.8, 4) is 0 Å². The minimum absolute atomic E-state index is 0.0135. The summed E-state index contributed by atoms with van der Waals surface area (Å²) in [4.78, 5) is 24.7. The van der Waals surface area contributed by atoms with Gasteiger partial charge in [-0.15, -0.1) is 0 Å². The minimum atomic E-state index is -0.0426. The largest absolute Gasteiger partial charge is 0.310 e. The number of hydrogen-bond acceptors (Lipinski definition) is 3. The van der Waals surface area contributed by atoms with Crippen molar-refractivity contribution < 1.29 is 9.59 Å². The Morgan fingerprint density at radius 2 is 2.11 bits per heavy atom. The third-order valence-electron chi connectivity index (χ3n) is 2.70. The van der Waals surface area contributed by atoms with Crippen LogP contribution in [0.25, 0.3) is 0 Å². The fourth-order valence-corrected chi connectivity index (χ4v) is 3.76. The summed E-state index contributed by atoms with van der Waals surface area (Å²) in [5, 5.41) is 0.941. The summed E-state index contributed by atoms with van der Waals surface area (Å²) in [6.45, 7) is 1.97. The summed E-state index contributed by atoms with van der Waals surface area (Å²) in [6, 6.07) is 3.32. The van der Waals surface area contributed by atoms with Gasteiger partial charge < -0.3 is 4.90 Å². The summed E-state index contributed by atoms with van der Waals surface area (Å²) in [7, 11) is 0. The zero-order valence-electron chi connectivity index (χ0n) is 9.95. The molecular weight excluding hydrogens is 373 g/mol. The molecule has 1 unspecified atom stereocenters. The van der Waals surface area contributed by atoms with Gasteiger partial charge in [-0.2, -0.15) is 0 Å². The van der Waals surface area contributed by atoms with Crippen LogP contribution in [-0.4, -0.2) is 22.8 Å². The summed E-state index contributed by atoms with van der Waals surface area (Å²) in [5.41, 5.74) is 0.589. The first kappa shape index (κ1) is 15.2. The maximum Gasteiger partial charge on any atom is 0.228 e. The number of thioether (sulfide) groups is 1. The normalized spacial score (nSPS) is 19.1. The van der Waals surface area contributed by atoms with E-state index in [1.165, 1.54) is 18.7 Å². The number of carbonyl (C=O) groups is 2. The number of halogens is 3. The molecule has 19 heavy (non-hydrogen) atoms. The zero-order chi connectivity index (χ0) is 14.2. The van der Waals surface area contributed by atoms with Crippen molar-refractivity contribution in [1.29, 1.82) is 0 Å². The molecule has 1 heterocycles. The van der Waals surface area contributed by atoms with Crippen LogP contribution in [0.4, 0.5) is 5.69 Å². The van der Waals surface area contributed by atoms with E-state index in [1.54, 1.807) is 17.0 Å². The van der Waals surface area contributed by atoms with Gasteiger partial charge in [-0.1, -0.05) is 35.0 Å². The topological polar surface area (TPSA) is 37.4 Å². The predicted octanol–water partition coefficient (Wildman–Crippen LogP) is 4.14. The van der Waals surface area contributed by atoms with E-state index in [0.29, 0.717) is 33.2 Å². The van der Waals surface area contributed by atoms with Crippen LogP contribution in [0.3, 0.4) is 0 Å². The molecule has 1 aliphatic rings. The second kappa shape index (κ2) is 6.04. The number of anilines is 1. The molecule has 2 rings (SSSR count). The van der Waals surface area contributed by atoms with Crippen LogP contribution < -0.4 is 4.90 Å². The van der Waals surface area contributed by atoms with Crippen LogP contribution in [0.1, 0.15) is 13.3 Å². The van der Waals surface area contributed by atoms with Crippen molar-refractivity contribution >= 4 is 67.6 Å². The van der Waals surface area contributed by atoms with E-state index in [4.69, 9.17) is 23.2 Å². The zero-order valence-corrected chi connectivity index (χ0v) is 13.9. The minimum Gasteiger partial charge on any atom is -0.310 e. The molecule has 1 aromatic carbocycles. The first-order chi connectivity index (χ1) is 8.88. The molecule has 7 heteroatoms. The summed E-state index contributed by atoms with van der Waals surface area (Å²) in [5.74, 6) is -0.0426. The van der Waals surface area contributed by atoms with Gasteiger partial charge in [0.2, 0.25) is 5.91 Å². The van der Waals surface area contributed by atoms with E-state index in [0.717, 1.165) is 0 Å². The fourth-order valence-electron chi connectivity index (χ4n) is 1.94. The highest BCUT2D eigenvalue weighted by Gasteiger charge is 2.33. The average Bonchev–Trinajstić information content (AvgIpc) is 2.63. The van der Waals surface area contributed by atoms with Crippen molar-refractivity contribution in [2.24, 2.45) is 0 Å². The Kier molecular flexibility index (Phi) is 4.82. The molecule has 0 spiro atoms. The van der Waals surface area contributed by atoms with E-state index in [-0.39, 0.29) is 16.3 Å². The lowest BCUT2D eigenvalue weighted by Gasteiger charge is -2.18. The number of hydrogen-bond donors (Lipinski definition) is 0. The lowest BCUT2D eigenvalue weighted by atomic mass is 10.3. The molecule has 0 aliphatic carbocycles. The third kappa shape index (κ3) is 3.45. The predicted molar refractivity (Wildman–Crippen MR) is 83.2 cm³/mol. The molecule has 0 bridgehead atoms. The van der Waals surface area contributed by atoms with Crippen LogP contribution in [0.2, 0.25) is 10.0 Å². The smallest absolute Gasteiger partial charge is 0.228 e. The Morgan fingerprint density at radius 1 is 1.42 bits per heavy atom. The number of carbonyl (C=O) groups excluding carboxylic acids is 2. The van der Waals surface area contributed by atoms with Crippen molar-refractivity contribution in [2.75, 3.05) is 11.4 Å². The first-order valence-electron chi connectivity index (χ1n) is 5.50. The Hall–Kier alpha value is -0.230. The van der Waals surface area contributed by atoms with Crippen molar-refractivity contribution in [3.05, 3.63) is 26.7 Å². The van der Waals surface area contributed by atoms with Crippen molar-refractivity contribution in [3.63, 3.8) is 0 Å². The molecule has 1 aliphatic heterocycles. The maximum atomic E-state index is 12.0. The van der Waals surface area contributed by atoms with Gasteiger partial charge in [0.05, 0.1) is 15.7 Å². The van der Waals surface area contributed by atoms with E-state index in [9.17, 15) is 9.59 Å². The second-order valence-corrected chi connectivity index (χ2v) is 7.30. The molecule has 1 amide bonds. The molecule has 0 aromatic heterocycles. The van der Waals surface area contributed by atoms with Gasteiger partial charge in [-0.3, -0.25) is 9.59 Å². The van der Waals surface area contributed by atoms with E-state index >= 15 is 0 Å². The van der Waals surface area contributed by atoms with Crippen LogP contribution >= 0.6 is 50.9 Å². The summed E-state index contributed by atoms with van der Waals surface area (Å²) < 4.78 is 0.684. The molecule has 3 nitrogen and oxygen atoms in total. The molecule has 0 saturated carbocycles. The molecule has 1 saturated heterocycles. The lowest BCUT2D eigenvalue weighted by molar-refractivity contribution is -0.117. The van der Waals surface area contributed by atoms with E-state index in [2.05, 4.69) is 15.9 Å². The standard InChI is InChI=1S/C12H10BrCl2NO2S/c1-6(17)19-7-2-12(18)16(5-7)11-4-9(14)8(13)3-10(11)15/h3-4,7H,2,5H2,1H3. The molecule has 102 valence electrons. The van der Waals surface area contributed by atoms with Gasteiger partial charge in [0, 0.05) is 29.6 Å². The number of benzene rings is 1. The molecular formula is C12H10BrCl2NO2S.